The molecule has 0 spiro atoms. The number of nitrogens with zero attached hydrogens (tertiary/aromatic N) is 4. The first-order valence-electron chi connectivity index (χ1n) is 15.9. The first kappa shape index (κ1) is 31.6. The highest BCUT2D eigenvalue weighted by molar-refractivity contribution is 6.16. The Morgan fingerprint density at radius 1 is 0.978 bits per heavy atom. The zero-order valence-electron chi connectivity index (χ0n) is 27.9. The maximum Gasteiger partial charge on any atom is 0.419 e. The van der Waals surface area contributed by atoms with Crippen molar-refractivity contribution >= 4 is 39.8 Å². The summed E-state index contributed by atoms with van der Waals surface area (Å²) in [7, 11) is 1.44. The quantitative estimate of drug-likeness (QED) is 0.228. The number of para-hydroxylation sites is 1. The number of pyridine rings is 1. The number of benzene rings is 2. The predicted molar refractivity (Wildman–Crippen MR) is 176 cm³/mol. The maximum atomic E-state index is 14.9. The lowest BCUT2D eigenvalue weighted by Crippen LogP contribution is -2.55. The third-order valence-corrected chi connectivity index (χ3v) is 8.49. The summed E-state index contributed by atoms with van der Waals surface area (Å²) in [6.07, 6.45) is 0.271. The molecule has 244 valence electrons. The minimum Gasteiger partial charge on any atom is -0.494 e. The third kappa shape index (κ3) is 5.97. The molecule has 0 N–H and O–H groups in total. The van der Waals surface area contributed by atoms with Crippen LogP contribution in [-0.4, -0.2) is 70.6 Å². The number of ether oxygens (including phenoxy) is 3. The summed E-state index contributed by atoms with van der Waals surface area (Å²) < 4.78 is 33.1. The fraction of sp³-hybridized carbons (Fsp3) is 0.472. The van der Waals surface area contributed by atoms with Crippen molar-refractivity contribution in [2.45, 2.75) is 78.6 Å². The zero-order valence-corrected chi connectivity index (χ0v) is 27.9. The summed E-state index contributed by atoms with van der Waals surface area (Å²) in [5.41, 5.74) is 2.61. The van der Waals surface area contributed by atoms with Crippen LogP contribution in [-0.2, 0) is 22.3 Å². The van der Waals surface area contributed by atoms with Gasteiger partial charge < -0.3 is 24.0 Å². The van der Waals surface area contributed by atoms with Gasteiger partial charge in [0.25, 0.3) is 0 Å². The molecule has 2 aromatic carbocycles. The molecule has 4 heterocycles. The number of anilines is 1. The lowest BCUT2D eigenvalue weighted by Gasteiger charge is -2.42. The van der Waals surface area contributed by atoms with Crippen LogP contribution in [0.3, 0.4) is 0 Å². The molecule has 0 aliphatic carbocycles. The molecule has 9 nitrogen and oxygen atoms in total. The number of halogens is 1. The molecule has 1 atom stereocenters. The molecule has 10 heteroatoms. The van der Waals surface area contributed by atoms with E-state index in [0.717, 1.165) is 40.6 Å². The number of hydrogen-bond donors (Lipinski definition) is 0. The summed E-state index contributed by atoms with van der Waals surface area (Å²) in [6.45, 7) is 15.3. The van der Waals surface area contributed by atoms with Crippen molar-refractivity contribution in [2.75, 3.05) is 31.6 Å². The Kier molecular flexibility index (Phi) is 7.89. The highest BCUT2D eigenvalue weighted by atomic mass is 19.1. The van der Waals surface area contributed by atoms with Crippen molar-refractivity contribution < 1.29 is 28.2 Å². The van der Waals surface area contributed by atoms with E-state index in [1.807, 2.05) is 71.9 Å². The largest absolute Gasteiger partial charge is 0.494 e. The van der Waals surface area contributed by atoms with E-state index in [0.29, 0.717) is 36.3 Å². The van der Waals surface area contributed by atoms with Gasteiger partial charge in [-0.15, -0.1) is 0 Å². The van der Waals surface area contributed by atoms with Gasteiger partial charge in [0.05, 0.1) is 23.8 Å². The monoisotopic (exact) mass is 630 g/mol. The Balaban J connectivity index is 1.45. The number of carbonyl (C=O) groups is 2. The fourth-order valence-electron chi connectivity index (χ4n) is 6.56. The Labute approximate surface area is 269 Å². The van der Waals surface area contributed by atoms with Crippen LogP contribution in [0, 0.1) is 11.7 Å². The van der Waals surface area contributed by atoms with Crippen LogP contribution in [0.2, 0.25) is 0 Å². The van der Waals surface area contributed by atoms with Gasteiger partial charge in [-0.05, 0) is 78.6 Å². The number of amides is 1. The minimum absolute atomic E-state index is 0.151. The summed E-state index contributed by atoms with van der Waals surface area (Å²) in [4.78, 5) is 35.8. The average Bonchev–Trinajstić information content (AvgIpc) is 3.43. The Bertz CT molecular complexity index is 1830. The number of hydrogen-bond acceptors (Lipinski definition) is 7. The Morgan fingerprint density at radius 3 is 2.30 bits per heavy atom. The van der Waals surface area contributed by atoms with Gasteiger partial charge in [-0.3, -0.25) is 0 Å². The van der Waals surface area contributed by atoms with Crippen molar-refractivity contribution in [3.63, 3.8) is 0 Å². The van der Waals surface area contributed by atoms with Gasteiger partial charge in [-0.25, -0.2) is 23.5 Å². The first-order chi connectivity index (χ1) is 21.6. The Morgan fingerprint density at radius 2 is 1.65 bits per heavy atom. The molecular formula is C36H43FN4O5. The van der Waals surface area contributed by atoms with Gasteiger partial charge in [0, 0.05) is 54.4 Å². The van der Waals surface area contributed by atoms with Gasteiger partial charge in [0.2, 0.25) is 0 Å². The second kappa shape index (κ2) is 11.5. The van der Waals surface area contributed by atoms with E-state index < -0.39 is 23.1 Å². The molecule has 1 amide bonds. The second-order valence-corrected chi connectivity index (χ2v) is 14.5. The van der Waals surface area contributed by atoms with Crippen molar-refractivity contribution in [1.82, 2.24) is 14.5 Å². The molecule has 1 fully saturated rings. The average molecular weight is 631 g/mol. The number of aromatic nitrogens is 2. The van der Waals surface area contributed by atoms with Crippen molar-refractivity contribution in [2.24, 2.45) is 5.92 Å². The highest BCUT2D eigenvalue weighted by Crippen LogP contribution is 2.43. The molecule has 2 aliphatic heterocycles. The lowest BCUT2D eigenvalue weighted by molar-refractivity contribution is -0.0000630. The predicted octanol–water partition coefficient (Wildman–Crippen LogP) is 7.33. The van der Waals surface area contributed by atoms with Crippen LogP contribution in [0.4, 0.5) is 19.8 Å². The Hall–Kier alpha value is -4.34. The topological polar surface area (TPSA) is 86.1 Å². The molecule has 46 heavy (non-hydrogen) atoms. The van der Waals surface area contributed by atoms with Crippen LogP contribution in [0.15, 0.2) is 42.5 Å². The van der Waals surface area contributed by atoms with Crippen LogP contribution in [0.1, 0.15) is 65.3 Å². The molecule has 1 saturated heterocycles. The third-order valence-electron chi connectivity index (χ3n) is 8.49. The molecule has 2 aromatic heterocycles. The zero-order chi connectivity index (χ0) is 33.1. The SMILES string of the molecule is COc1ccc(Cc2nc3c(c4c5ccccc5n(C(=O)OC(C)(C)C)c24)CC(C)N3CC2CN(C(=O)OC(C)(C)C)C2)cc1F. The smallest absolute Gasteiger partial charge is 0.419 e. The molecular weight excluding hydrogens is 587 g/mol. The van der Waals surface area contributed by atoms with Gasteiger partial charge in [-0.1, -0.05) is 24.3 Å². The number of fused-ring (bicyclic) bond motifs is 5. The van der Waals surface area contributed by atoms with Crippen LogP contribution in [0.25, 0.3) is 21.8 Å². The van der Waals surface area contributed by atoms with Crippen LogP contribution in [0.5, 0.6) is 5.75 Å². The maximum absolute atomic E-state index is 14.9. The van der Waals surface area contributed by atoms with Crippen LogP contribution >= 0.6 is 0 Å². The summed E-state index contributed by atoms with van der Waals surface area (Å²) in [5.74, 6) is 0.840. The molecule has 0 saturated carbocycles. The van der Waals surface area contributed by atoms with Crippen molar-refractivity contribution in [3.8, 4) is 5.75 Å². The van der Waals surface area contributed by atoms with E-state index in [-0.39, 0.29) is 23.8 Å². The van der Waals surface area contributed by atoms with E-state index >= 15 is 0 Å². The normalized spacial score (nSPS) is 16.9. The first-order valence-corrected chi connectivity index (χ1v) is 15.9. The summed E-state index contributed by atoms with van der Waals surface area (Å²) in [5, 5.41) is 1.91. The van der Waals surface area contributed by atoms with Gasteiger partial charge in [-0.2, -0.15) is 0 Å². The van der Waals surface area contributed by atoms with E-state index in [1.165, 1.54) is 13.2 Å². The molecule has 2 aliphatic rings. The number of methoxy groups -OCH3 is 1. The van der Waals surface area contributed by atoms with E-state index in [9.17, 15) is 14.0 Å². The van der Waals surface area contributed by atoms with E-state index in [1.54, 1.807) is 15.5 Å². The van der Waals surface area contributed by atoms with Gasteiger partial charge in [0.15, 0.2) is 11.6 Å². The minimum atomic E-state index is -0.709. The van der Waals surface area contributed by atoms with Gasteiger partial charge >= 0.3 is 12.2 Å². The van der Waals surface area contributed by atoms with Crippen LogP contribution < -0.4 is 9.64 Å². The molecule has 0 bridgehead atoms. The van der Waals surface area contributed by atoms with Crippen molar-refractivity contribution in [1.29, 1.82) is 0 Å². The molecule has 1 unspecified atom stereocenters. The standard InChI is InChI=1S/C36H43FN4O5/c1-21-15-25-30-24-11-9-10-12-28(24)41(34(43)46-36(5,6)7)31(30)27(17-22-13-14-29(44-8)26(37)16-22)38-32(25)40(21)20-23-18-39(19-23)33(42)45-35(2,3)4/h9-14,16,21,23H,15,17-20H2,1-8H3. The number of likely N-dealkylation sites (tertiary alicyclic amines) is 1. The lowest BCUT2D eigenvalue weighted by atomic mass is 10.00. The molecule has 0 radical (unpaired) electrons. The molecule has 4 aromatic rings. The van der Waals surface area contributed by atoms with Crippen molar-refractivity contribution in [3.05, 3.63) is 65.1 Å². The number of carbonyl (C=O) groups excluding carboxylic acids is 2. The second-order valence-electron chi connectivity index (χ2n) is 14.5. The fourth-order valence-corrected chi connectivity index (χ4v) is 6.56. The summed E-state index contributed by atoms with van der Waals surface area (Å²) >= 11 is 0. The van der Waals surface area contributed by atoms with E-state index in [4.69, 9.17) is 19.2 Å². The van der Waals surface area contributed by atoms with Gasteiger partial charge in [0.1, 0.15) is 17.0 Å². The summed E-state index contributed by atoms with van der Waals surface area (Å²) in [6, 6.07) is 12.9. The van der Waals surface area contributed by atoms with E-state index in [2.05, 4.69) is 11.8 Å². The number of rotatable bonds is 5. The highest BCUT2D eigenvalue weighted by Gasteiger charge is 2.39. The molecule has 6 rings (SSSR count).